The molecular formula is C70H42N2S2. The number of hydrogen-bond donors (Lipinski definition) is 0. The van der Waals surface area contributed by atoms with Gasteiger partial charge in [-0.1, -0.05) is 194 Å². The standard InChI is InChI=1S/C70H42N2S2/c1-9-31-55-47(23-1)48-24-2-10-32-56(48)69(55)59-41-65(43-19-17-21-45(39-43)71-61-35-13-5-27-51(61)52-28-6-14-36-62(52)71)74-68(59)70(57-33-11-3-25-49(57)50-26-4-12-34-58(50)70)60-42-66(73-67(60)69)44-20-18-22-46(40-44)72-63-37-15-7-29-53(63)54-30-8-16-38-64(54)72/h1-42H. The monoisotopic (exact) mass is 974 g/mol. The fourth-order valence-electron chi connectivity index (χ4n) is 14.0. The van der Waals surface area contributed by atoms with Crippen molar-refractivity contribution < 1.29 is 0 Å². The Labute approximate surface area is 436 Å². The third-order valence-corrected chi connectivity index (χ3v) is 19.4. The van der Waals surface area contributed by atoms with E-state index in [0.717, 1.165) is 11.4 Å². The van der Waals surface area contributed by atoms with Crippen molar-refractivity contribution in [2.24, 2.45) is 0 Å². The summed E-state index contributed by atoms with van der Waals surface area (Å²) < 4.78 is 4.90. The fraction of sp³-hybridized carbons (Fsp3) is 0.0286. The minimum Gasteiger partial charge on any atom is -0.309 e. The van der Waals surface area contributed by atoms with Crippen molar-refractivity contribution in [3.63, 3.8) is 0 Å². The van der Waals surface area contributed by atoms with Crippen LogP contribution in [0.25, 0.3) is 98.1 Å². The van der Waals surface area contributed by atoms with E-state index in [2.05, 4.69) is 264 Å². The van der Waals surface area contributed by atoms with Crippen molar-refractivity contribution in [1.29, 1.82) is 0 Å². The van der Waals surface area contributed by atoms with E-state index in [4.69, 9.17) is 0 Å². The average molecular weight is 975 g/mol. The molecule has 0 bridgehead atoms. The number of aromatic nitrogens is 2. The SMILES string of the molecule is c1cc(-c2cc3c(s2)C2(c4ccccc4-c4ccccc42)c2cc(-c4cccc(-n5c6ccccc6c6ccccc65)c4)sc2C32c3ccccc3-c3ccccc32)cc(-n2c3ccccc3c3ccccc32)c1. The van der Waals surface area contributed by atoms with Gasteiger partial charge in [-0.25, -0.2) is 0 Å². The second-order valence-electron chi connectivity index (χ2n) is 20.2. The van der Waals surface area contributed by atoms with Gasteiger partial charge in [0, 0.05) is 52.4 Å². The maximum Gasteiger partial charge on any atom is 0.0821 e. The van der Waals surface area contributed by atoms with E-state index in [9.17, 15) is 0 Å². The maximum atomic E-state index is 2.61. The Hall–Kier alpha value is -8.80. The highest BCUT2D eigenvalue weighted by molar-refractivity contribution is 7.17. The molecule has 0 saturated heterocycles. The summed E-state index contributed by atoms with van der Waals surface area (Å²) >= 11 is 4.00. The minimum absolute atomic E-state index is 0.581. The van der Waals surface area contributed by atoms with Gasteiger partial charge in [0.1, 0.15) is 0 Å². The number of benzene rings is 10. The zero-order valence-corrected chi connectivity index (χ0v) is 41.6. The molecule has 344 valence electrons. The largest absolute Gasteiger partial charge is 0.309 e. The van der Waals surface area contributed by atoms with Gasteiger partial charge in [-0.15, -0.1) is 22.7 Å². The Kier molecular flexibility index (Phi) is 8.20. The van der Waals surface area contributed by atoms with E-state index in [-0.39, 0.29) is 0 Å². The summed E-state index contributed by atoms with van der Waals surface area (Å²) in [6.07, 6.45) is 0. The Morgan fingerprint density at radius 3 is 0.892 bits per heavy atom. The van der Waals surface area contributed by atoms with Crippen LogP contribution in [0, 0.1) is 0 Å². The summed E-state index contributed by atoms with van der Waals surface area (Å²) in [5, 5.41) is 5.07. The highest BCUT2D eigenvalue weighted by Gasteiger charge is 2.61. The van der Waals surface area contributed by atoms with Gasteiger partial charge in [0.15, 0.2) is 0 Å². The molecule has 10 aromatic carbocycles. The van der Waals surface area contributed by atoms with E-state index in [1.54, 1.807) is 0 Å². The van der Waals surface area contributed by atoms with Crippen LogP contribution in [0.1, 0.15) is 43.1 Å². The molecule has 0 N–H and O–H groups in total. The first kappa shape index (κ1) is 40.8. The lowest BCUT2D eigenvalue weighted by Crippen LogP contribution is -2.41. The third-order valence-electron chi connectivity index (χ3n) is 16.8. The van der Waals surface area contributed by atoms with Crippen LogP contribution in [0.2, 0.25) is 0 Å². The predicted molar refractivity (Wildman–Crippen MR) is 310 cm³/mol. The molecule has 4 aromatic heterocycles. The van der Waals surface area contributed by atoms with Crippen molar-refractivity contribution in [1.82, 2.24) is 9.13 Å². The van der Waals surface area contributed by atoms with Gasteiger partial charge in [0.25, 0.3) is 0 Å². The average Bonchev–Trinajstić information content (AvgIpc) is 4.34. The zero-order chi connectivity index (χ0) is 48.3. The highest BCUT2D eigenvalue weighted by Crippen LogP contribution is 2.71. The number of nitrogens with zero attached hydrogens (tertiary/aromatic N) is 2. The molecule has 17 rings (SSSR count). The number of fused-ring (bicyclic) bond motifs is 22. The normalized spacial score (nSPS) is 14.2. The fourth-order valence-corrected chi connectivity index (χ4v) is 16.9. The molecule has 0 unspecified atom stereocenters. The van der Waals surface area contributed by atoms with Crippen LogP contribution in [-0.2, 0) is 10.8 Å². The van der Waals surface area contributed by atoms with Crippen LogP contribution in [-0.4, -0.2) is 9.13 Å². The van der Waals surface area contributed by atoms with Crippen molar-refractivity contribution in [3.8, 4) is 54.5 Å². The lowest BCUT2D eigenvalue weighted by molar-refractivity contribution is 0.662. The zero-order valence-electron chi connectivity index (χ0n) is 40.0. The Morgan fingerprint density at radius 1 is 0.257 bits per heavy atom. The molecule has 2 spiro atoms. The summed E-state index contributed by atoms with van der Waals surface area (Å²) in [5.41, 5.74) is 21.9. The van der Waals surface area contributed by atoms with Crippen molar-refractivity contribution in [3.05, 3.63) is 298 Å². The third kappa shape index (κ3) is 5.09. The van der Waals surface area contributed by atoms with Gasteiger partial charge >= 0.3 is 0 Å². The lowest BCUT2D eigenvalue weighted by atomic mass is 9.58. The summed E-state index contributed by atoms with van der Waals surface area (Å²) in [4.78, 5) is 5.34. The first-order chi connectivity index (χ1) is 36.7. The van der Waals surface area contributed by atoms with Gasteiger partial charge in [-0.3, -0.25) is 0 Å². The van der Waals surface area contributed by atoms with E-state index in [0.29, 0.717) is 0 Å². The van der Waals surface area contributed by atoms with Crippen LogP contribution in [0.15, 0.2) is 255 Å². The topological polar surface area (TPSA) is 9.86 Å². The summed E-state index contributed by atoms with van der Waals surface area (Å²) in [6.45, 7) is 0. The molecule has 0 amide bonds. The van der Waals surface area contributed by atoms with E-state index >= 15 is 0 Å². The molecule has 0 radical (unpaired) electrons. The van der Waals surface area contributed by atoms with Crippen LogP contribution >= 0.6 is 22.7 Å². The van der Waals surface area contributed by atoms with E-state index < -0.39 is 10.8 Å². The second kappa shape index (κ2) is 14.9. The molecule has 0 saturated carbocycles. The first-order valence-electron chi connectivity index (χ1n) is 25.6. The smallest absolute Gasteiger partial charge is 0.0821 e. The van der Waals surface area contributed by atoms with Crippen LogP contribution < -0.4 is 0 Å². The van der Waals surface area contributed by atoms with Gasteiger partial charge in [0.2, 0.25) is 0 Å². The van der Waals surface area contributed by atoms with Crippen LogP contribution in [0.3, 0.4) is 0 Å². The molecule has 14 aromatic rings. The minimum atomic E-state index is -0.581. The predicted octanol–water partition coefficient (Wildman–Crippen LogP) is 18.4. The maximum absolute atomic E-state index is 2.61. The van der Waals surface area contributed by atoms with E-state index in [1.165, 1.54) is 130 Å². The Morgan fingerprint density at radius 2 is 0.554 bits per heavy atom. The quantitative estimate of drug-likeness (QED) is 0.166. The van der Waals surface area contributed by atoms with E-state index in [1.807, 2.05) is 22.7 Å². The Balaban J connectivity index is 0.966. The molecule has 74 heavy (non-hydrogen) atoms. The van der Waals surface area contributed by atoms with Crippen LogP contribution in [0.5, 0.6) is 0 Å². The summed E-state index contributed by atoms with van der Waals surface area (Å²) in [5.74, 6) is 0. The second-order valence-corrected chi connectivity index (χ2v) is 22.3. The van der Waals surface area contributed by atoms with Crippen molar-refractivity contribution in [2.45, 2.75) is 10.8 Å². The molecular weight excluding hydrogens is 933 g/mol. The van der Waals surface area contributed by atoms with Crippen molar-refractivity contribution in [2.75, 3.05) is 0 Å². The molecule has 0 aliphatic heterocycles. The molecule has 3 aliphatic rings. The number of thiophene rings is 2. The molecule has 4 heteroatoms. The van der Waals surface area contributed by atoms with Crippen LogP contribution in [0.4, 0.5) is 0 Å². The van der Waals surface area contributed by atoms with Gasteiger partial charge in [0.05, 0.1) is 32.9 Å². The molecule has 0 fully saturated rings. The first-order valence-corrected chi connectivity index (χ1v) is 27.2. The summed E-state index contributed by atoms with van der Waals surface area (Å²) in [6, 6.07) is 96.3. The summed E-state index contributed by atoms with van der Waals surface area (Å²) in [7, 11) is 0. The number of hydrogen-bond acceptors (Lipinski definition) is 2. The molecule has 0 atom stereocenters. The number of para-hydroxylation sites is 4. The van der Waals surface area contributed by atoms with Gasteiger partial charge in [-0.2, -0.15) is 0 Å². The molecule has 4 heterocycles. The van der Waals surface area contributed by atoms with Gasteiger partial charge in [-0.05, 0) is 127 Å². The highest BCUT2D eigenvalue weighted by atomic mass is 32.1. The Bertz CT molecular complexity index is 4160. The number of rotatable bonds is 4. The lowest BCUT2D eigenvalue weighted by Gasteiger charge is -2.45. The molecule has 3 aliphatic carbocycles. The van der Waals surface area contributed by atoms with Crippen molar-refractivity contribution >= 4 is 66.3 Å². The molecule has 2 nitrogen and oxygen atoms in total. The van der Waals surface area contributed by atoms with Gasteiger partial charge < -0.3 is 9.13 Å².